The molecule has 2 aliphatic heterocycles. The van der Waals surface area contributed by atoms with E-state index in [1.54, 1.807) is 18.5 Å². The molecule has 1 aromatic carbocycles. The second-order valence-corrected chi connectivity index (χ2v) is 11.4. The highest BCUT2D eigenvalue weighted by molar-refractivity contribution is 6.16. The number of nitrogens with one attached hydrogen (secondary N) is 3. The topological polar surface area (TPSA) is 114 Å². The van der Waals surface area contributed by atoms with Crippen LogP contribution in [0.5, 0.6) is 0 Å². The van der Waals surface area contributed by atoms with Crippen molar-refractivity contribution < 1.29 is 9.18 Å². The molecule has 4 aromatic rings. The molecule has 2 fully saturated rings. The second-order valence-electron chi connectivity index (χ2n) is 11.4. The molecule has 3 aliphatic rings. The number of anilines is 3. The Morgan fingerprint density at radius 3 is 2.74 bits per heavy atom. The lowest BCUT2D eigenvalue weighted by Gasteiger charge is -2.34. The van der Waals surface area contributed by atoms with Crippen molar-refractivity contribution in [2.24, 2.45) is 10.9 Å². The van der Waals surface area contributed by atoms with Crippen molar-refractivity contribution in [2.75, 3.05) is 55.4 Å². The fourth-order valence-electron chi connectivity index (χ4n) is 6.20. The minimum atomic E-state index is -0.469. The summed E-state index contributed by atoms with van der Waals surface area (Å²) in [5.41, 5.74) is 4.80. The number of aromatic nitrogens is 4. The van der Waals surface area contributed by atoms with Gasteiger partial charge in [-0.15, -0.1) is 0 Å². The fourth-order valence-corrected chi connectivity index (χ4v) is 6.20. The van der Waals surface area contributed by atoms with Crippen molar-refractivity contribution in [1.29, 1.82) is 0 Å². The molecule has 0 spiro atoms. The first-order valence-electron chi connectivity index (χ1n) is 14.7. The smallest absolute Gasteiger partial charge is 0.227 e. The minimum absolute atomic E-state index is 0.00265. The van der Waals surface area contributed by atoms with Gasteiger partial charge in [-0.25, -0.2) is 14.4 Å². The number of aliphatic imine (C=N–C) groups is 1. The van der Waals surface area contributed by atoms with Crippen LogP contribution >= 0.6 is 0 Å². The van der Waals surface area contributed by atoms with E-state index < -0.39 is 5.82 Å². The molecule has 0 unspecified atom stereocenters. The lowest BCUT2D eigenvalue weighted by Crippen LogP contribution is -2.44. The molecule has 0 atom stereocenters. The molecule has 1 amide bonds. The Kier molecular flexibility index (Phi) is 7.02. The zero-order valence-electron chi connectivity index (χ0n) is 23.7. The highest BCUT2D eigenvalue weighted by Crippen LogP contribution is 2.34. The van der Waals surface area contributed by atoms with E-state index in [9.17, 15) is 4.79 Å². The van der Waals surface area contributed by atoms with E-state index in [0.717, 1.165) is 68.6 Å². The predicted molar refractivity (Wildman–Crippen MR) is 163 cm³/mol. The number of carbonyl (C=O) groups is 1. The summed E-state index contributed by atoms with van der Waals surface area (Å²) in [5, 5.41) is 6.08. The van der Waals surface area contributed by atoms with Gasteiger partial charge in [0.15, 0.2) is 5.82 Å². The van der Waals surface area contributed by atoms with Crippen LogP contribution in [0.3, 0.4) is 0 Å². The SMILES string of the molecule is CN1CCN(c2cccc3[nH]c(C4=NCNc5ncc(-c6cncc(NC(=O)C7CCCCC7)c6)c(F)c54)nc23)CC1. The van der Waals surface area contributed by atoms with Crippen LogP contribution in [-0.2, 0) is 4.79 Å². The third-order valence-electron chi connectivity index (χ3n) is 8.59. The van der Waals surface area contributed by atoms with Crippen LogP contribution in [0.4, 0.5) is 21.6 Å². The standard InChI is InChI=1S/C31H34FN9O/c1-40-10-12-41(13-11-40)24-9-5-8-23-27(24)39-30(38-23)28-25-26(32)22(17-34-29(25)36-18-35-28)20-14-21(16-33-15-20)37-31(42)19-6-3-2-4-7-19/h5,8-9,14-17,19H,2-4,6-7,10-13,18H2,1H3,(H,34,36)(H,37,42)(H,38,39). The van der Waals surface area contributed by atoms with Gasteiger partial charge in [0, 0.05) is 55.6 Å². The minimum Gasteiger partial charge on any atom is -0.367 e. The summed E-state index contributed by atoms with van der Waals surface area (Å²) in [5.74, 6) is 0.449. The molecule has 3 N–H and O–H groups in total. The fraction of sp³-hybridized carbons (Fsp3) is 0.387. The molecule has 0 bridgehead atoms. The van der Waals surface area contributed by atoms with Gasteiger partial charge in [0.1, 0.15) is 29.5 Å². The van der Waals surface area contributed by atoms with Crippen LogP contribution in [0, 0.1) is 11.7 Å². The molecule has 1 aliphatic carbocycles. The van der Waals surface area contributed by atoms with E-state index in [1.165, 1.54) is 12.6 Å². The molecule has 10 nitrogen and oxygen atoms in total. The summed E-state index contributed by atoms with van der Waals surface area (Å²) in [7, 11) is 2.13. The van der Waals surface area contributed by atoms with Crippen LogP contribution in [0.25, 0.3) is 22.2 Å². The number of piperazine rings is 1. The van der Waals surface area contributed by atoms with Crippen molar-refractivity contribution in [3.05, 3.63) is 60.1 Å². The zero-order valence-corrected chi connectivity index (χ0v) is 23.7. The first-order valence-corrected chi connectivity index (χ1v) is 14.7. The molecule has 42 heavy (non-hydrogen) atoms. The third-order valence-corrected chi connectivity index (χ3v) is 8.59. The summed E-state index contributed by atoms with van der Waals surface area (Å²) in [4.78, 5) is 39.3. The third kappa shape index (κ3) is 4.98. The van der Waals surface area contributed by atoms with Gasteiger partial charge in [-0.05, 0) is 38.1 Å². The number of pyridine rings is 2. The number of fused-ring (bicyclic) bond motifs is 2. The second kappa shape index (κ2) is 11.1. The number of carbonyl (C=O) groups excluding carboxylic acids is 1. The number of benzene rings is 1. The van der Waals surface area contributed by atoms with Gasteiger partial charge in [-0.2, -0.15) is 0 Å². The Morgan fingerprint density at radius 1 is 1.07 bits per heavy atom. The van der Waals surface area contributed by atoms with Crippen molar-refractivity contribution in [1.82, 2.24) is 24.8 Å². The number of H-pyrrole nitrogens is 1. The molecular weight excluding hydrogens is 533 g/mol. The lowest BCUT2D eigenvalue weighted by atomic mass is 9.88. The van der Waals surface area contributed by atoms with Gasteiger partial charge in [0.2, 0.25) is 5.91 Å². The molecule has 216 valence electrons. The summed E-state index contributed by atoms with van der Waals surface area (Å²) in [6.45, 7) is 4.07. The van der Waals surface area contributed by atoms with Gasteiger partial charge in [0.25, 0.3) is 0 Å². The Balaban J connectivity index is 1.21. The average Bonchev–Trinajstić information content (AvgIpc) is 3.47. The highest BCUT2D eigenvalue weighted by Gasteiger charge is 2.28. The number of rotatable bonds is 5. The molecule has 1 saturated heterocycles. The Hall–Kier alpha value is -4.38. The van der Waals surface area contributed by atoms with E-state index in [4.69, 9.17) is 4.98 Å². The largest absolute Gasteiger partial charge is 0.367 e. The van der Waals surface area contributed by atoms with Crippen LogP contribution < -0.4 is 15.5 Å². The van der Waals surface area contributed by atoms with Gasteiger partial charge >= 0.3 is 0 Å². The quantitative estimate of drug-likeness (QED) is 0.322. The number of halogens is 1. The number of amides is 1. The maximum atomic E-state index is 16.4. The molecule has 1 saturated carbocycles. The summed E-state index contributed by atoms with van der Waals surface area (Å²) >= 11 is 0. The van der Waals surface area contributed by atoms with Gasteiger partial charge in [-0.1, -0.05) is 25.3 Å². The van der Waals surface area contributed by atoms with Crippen molar-refractivity contribution >= 4 is 39.8 Å². The predicted octanol–water partition coefficient (Wildman–Crippen LogP) is 4.65. The molecular formula is C31H34FN9O. The molecule has 5 heterocycles. The zero-order chi connectivity index (χ0) is 28.6. The maximum absolute atomic E-state index is 16.4. The lowest BCUT2D eigenvalue weighted by molar-refractivity contribution is -0.120. The first kappa shape index (κ1) is 26.5. The molecule has 11 heteroatoms. The molecule has 0 radical (unpaired) electrons. The average molecular weight is 568 g/mol. The Labute approximate surface area is 243 Å². The van der Waals surface area contributed by atoms with Crippen LogP contribution in [0.1, 0.15) is 43.5 Å². The maximum Gasteiger partial charge on any atom is 0.227 e. The summed E-state index contributed by atoms with van der Waals surface area (Å²) in [6, 6.07) is 7.84. The van der Waals surface area contributed by atoms with Crippen LogP contribution in [0.2, 0.25) is 0 Å². The van der Waals surface area contributed by atoms with E-state index >= 15 is 4.39 Å². The van der Waals surface area contributed by atoms with Crippen molar-refractivity contribution in [3.8, 4) is 11.1 Å². The van der Waals surface area contributed by atoms with E-state index in [0.29, 0.717) is 28.6 Å². The molecule has 3 aromatic heterocycles. The van der Waals surface area contributed by atoms with Crippen LogP contribution in [0.15, 0.2) is 47.8 Å². The van der Waals surface area contributed by atoms with Gasteiger partial charge in [0.05, 0.1) is 28.7 Å². The van der Waals surface area contributed by atoms with E-state index in [2.05, 4.69) is 53.5 Å². The number of nitrogens with zero attached hydrogens (tertiary/aromatic N) is 6. The number of aromatic amines is 1. The number of hydrogen-bond acceptors (Lipinski definition) is 8. The van der Waals surface area contributed by atoms with E-state index in [-0.39, 0.29) is 29.6 Å². The van der Waals surface area contributed by atoms with Crippen molar-refractivity contribution in [3.63, 3.8) is 0 Å². The van der Waals surface area contributed by atoms with Gasteiger partial charge < -0.3 is 25.4 Å². The van der Waals surface area contributed by atoms with E-state index in [1.807, 2.05) is 12.1 Å². The van der Waals surface area contributed by atoms with Gasteiger partial charge in [-0.3, -0.25) is 14.8 Å². The monoisotopic (exact) mass is 567 g/mol. The number of hydrogen-bond donors (Lipinski definition) is 3. The summed E-state index contributed by atoms with van der Waals surface area (Å²) < 4.78 is 16.4. The first-order chi connectivity index (χ1) is 20.5. The number of para-hydroxylation sites is 1. The Morgan fingerprint density at radius 2 is 1.90 bits per heavy atom. The molecule has 7 rings (SSSR count). The number of imidazole rings is 1. The number of likely N-dealkylation sites (N-methyl/N-ethyl adjacent to an activating group) is 1. The van der Waals surface area contributed by atoms with Crippen LogP contribution in [-0.4, -0.2) is 76.4 Å². The normalized spacial score (nSPS) is 18.0. The van der Waals surface area contributed by atoms with Crippen molar-refractivity contribution in [2.45, 2.75) is 32.1 Å². The summed E-state index contributed by atoms with van der Waals surface area (Å²) in [6.07, 6.45) is 9.79. The Bertz CT molecular complexity index is 1670. The highest BCUT2D eigenvalue weighted by atomic mass is 19.1.